The summed E-state index contributed by atoms with van der Waals surface area (Å²) in [4.78, 5) is 11.6. The van der Waals surface area contributed by atoms with Crippen LogP contribution in [0.15, 0.2) is 11.6 Å². The fraction of sp³-hybridized carbons (Fsp3) is 0.769. The van der Waals surface area contributed by atoms with Crippen LogP contribution in [-0.2, 0) is 4.79 Å². The van der Waals surface area contributed by atoms with Crippen molar-refractivity contribution < 1.29 is 4.79 Å². The van der Waals surface area contributed by atoms with E-state index in [0.29, 0.717) is 23.5 Å². The van der Waals surface area contributed by atoms with Crippen LogP contribution in [0.2, 0.25) is 0 Å². The zero-order valence-electron chi connectivity index (χ0n) is 9.42. The molecule has 2 aliphatic carbocycles. The summed E-state index contributed by atoms with van der Waals surface area (Å²) in [5, 5.41) is 0. The second-order valence-electron chi connectivity index (χ2n) is 5.29. The van der Waals surface area contributed by atoms with Gasteiger partial charge < -0.3 is 0 Å². The SMILES string of the molecule is CC(=O)[C@H]1[C@H]2CC[C@H](C2)[C@@H]1C=C(C)C. The molecule has 0 aromatic heterocycles. The molecule has 2 bridgehead atoms. The maximum Gasteiger partial charge on any atom is 0.133 e. The van der Waals surface area contributed by atoms with Gasteiger partial charge in [0.15, 0.2) is 0 Å². The highest BCUT2D eigenvalue weighted by atomic mass is 16.1. The average molecular weight is 192 g/mol. The number of carbonyl (C=O) groups is 1. The molecule has 0 radical (unpaired) electrons. The van der Waals surface area contributed by atoms with Gasteiger partial charge in [-0.15, -0.1) is 0 Å². The van der Waals surface area contributed by atoms with Crippen molar-refractivity contribution in [3.63, 3.8) is 0 Å². The number of allylic oxidation sites excluding steroid dienone is 2. The average Bonchev–Trinajstić information content (AvgIpc) is 2.61. The Labute approximate surface area is 86.6 Å². The highest BCUT2D eigenvalue weighted by molar-refractivity contribution is 5.79. The first-order valence-electron chi connectivity index (χ1n) is 5.75. The smallest absolute Gasteiger partial charge is 0.133 e. The topological polar surface area (TPSA) is 17.1 Å². The van der Waals surface area contributed by atoms with Gasteiger partial charge in [-0.2, -0.15) is 0 Å². The van der Waals surface area contributed by atoms with E-state index in [1.165, 1.54) is 24.8 Å². The summed E-state index contributed by atoms with van der Waals surface area (Å²) in [6.45, 7) is 6.06. The van der Waals surface area contributed by atoms with Crippen molar-refractivity contribution in [3.05, 3.63) is 11.6 Å². The second-order valence-corrected chi connectivity index (χ2v) is 5.29. The van der Waals surface area contributed by atoms with Gasteiger partial charge >= 0.3 is 0 Å². The minimum Gasteiger partial charge on any atom is -0.300 e. The summed E-state index contributed by atoms with van der Waals surface area (Å²) < 4.78 is 0. The van der Waals surface area contributed by atoms with Crippen molar-refractivity contribution in [1.29, 1.82) is 0 Å². The predicted octanol–water partition coefficient (Wildman–Crippen LogP) is 3.20. The van der Waals surface area contributed by atoms with Crippen molar-refractivity contribution in [2.75, 3.05) is 0 Å². The molecular weight excluding hydrogens is 172 g/mol. The molecule has 2 aliphatic rings. The van der Waals surface area contributed by atoms with Gasteiger partial charge in [-0.1, -0.05) is 11.6 Å². The Morgan fingerprint density at radius 3 is 2.36 bits per heavy atom. The van der Waals surface area contributed by atoms with Gasteiger partial charge in [0.2, 0.25) is 0 Å². The van der Waals surface area contributed by atoms with Crippen molar-refractivity contribution in [3.8, 4) is 0 Å². The Kier molecular flexibility index (Phi) is 2.50. The number of hydrogen-bond donors (Lipinski definition) is 0. The highest BCUT2D eigenvalue weighted by Crippen LogP contribution is 2.53. The molecule has 1 heteroatoms. The number of Topliss-reactive ketones (excluding diaryl/α,β-unsaturated/α-hetero) is 1. The standard InChI is InChI=1S/C13H20O/c1-8(2)6-12-10-4-5-11(7-10)13(12)9(3)14/h6,10-13H,4-5,7H2,1-3H3/t10-,11+,12+,13+/m1/s1. The van der Waals surface area contributed by atoms with Gasteiger partial charge in [0.05, 0.1) is 0 Å². The molecule has 4 atom stereocenters. The minimum atomic E-state index is 0.351. The molecule has 0 N–H and O–H groups in total. The first kappa shape index (κ1) is 9.95. The number of hydrogen-bond acceptors (Lipinski definition) is 1. The Balaban J connectivity index is 2.21. The molecule has 0 amide bonds. The first-order chi connectivity index (χ1) is 6.59. The van der Waals surface area contributed by atoms with Gasteiger partial charge in [-0.05, 0) is 57.8 Å². The Morgan fingerprint density at radius 1 is 1.14 bits per heavy atom. The third kappa shape index (κ3) is 1.53. The summed E-state index contributed by atoms with van der Waals surface area (Å²) in [6, 6.07) is 0. The zero-order valence-corrected chi connectivity index (χ0v) is 9.42. The van der Waals surface area contributed by atoms with Gasteiger partial charge in [-0.3, -0.25) is 4.79 Å². The fourth-order valence-electron chi connectivity index (χ4n) is 3.56. The molecule has 0 unspecified atom stereocenters. The van der Waals surface area contributed by atoms with Crippen LogP contribution in [0.5, 0.6) is 0 Å². The molecule has 1 nitrogen and oxygen atoms in total. The van der Waals surface area contributed by atoms with Crippen LogP contribution in [0.3, 0.4) is 0 Å². The van der Waals surface area contributed by atoms with Crippen LogP contribution < -0.4 is 0 Å². The molecule has 78 valence electrons. The van der Waals surface area contributed by atoms with Crippen molar-refractivity contribution in [2.45, 2.75) is 40.0 Å². The third-order valence-electron chi connectivity index (χ3n) is 3.98. The minimum absolute atomic E-state index is 0.351. The largest absolute Gasteiger partial charge is 0.300 e. The summed E-state index contributed by atoms with van der Waals surface area (Å²) >= 11 is 0. The van der Waals surface area contributed by atoms with Crippen LogP contribution in [0.1, 0.15) is 40.0 Å². The van der Waals surface area contributed by atoms with E-state index in [1.54, 1.807) is 6.92 Å². The lowest BCUT2D eigenvalue weighted by atomic mass is 9.76. The summed E-state index contributed by atoms with van der Waals surface area (Å²) in [5.41, 5.74) is 1.37. The second kappa shape index (κ2) is 3.52. The lowest BCUT2D eigenvalue weighted by molar-refractivity contribution is -0.123. The van der Waals surface area contributed by atoms with Gasteiger partial charge in [-0.25, -0.2) is 0 Å². The summed E-state index contributed by atoms with van der Waals surface area (Å²) in [7, 11) is 0. The predicted molar refractivity (Wildman–Crippen MR) is 57.9 cm³/mol. The van der Waals surface area contributed by atoms with E-state index in [-0.39, 0.29) is 0 Å². The Bertz CT molecular complexity index is 273. The van der Waals surface area contributed by atoms with Crippen LogP contribution >= 0.6 is 0 Å². The quantitative estimate of drug-likeness (QED) is 0.614. The molecule has 0 aliphatic heterocycles. The number of rotatable bonds is 2. The Morgan fingerprint density at radius 2 is 1.79 bits per heavy atom. The van der Waals surface area contributed by atoms with E-state index in [0.717, 1.165) is 5.92 Å². The first-order valence-corrected chi connectivity index (χ1v) is 5.75. The molecule has 0 spiro atoms. The van der Waals surface area contributed by atoms with Crippen molar-refractivity contribution >= 4 is 5.78 Å². The molecule has 2 rings (SSSR count). The van der Waals surface area contributed by atoms with Crippen LogP contribution in [-0.4, -0.2) is 5.78 Å². The van der Waals surface area contributed by atoms with Crippen LogP contribution in [0.4, 0.5) is 0 Å². The zero-order chi connectivity index (χ0) is 10.3. The van der Waals surface area contributed by atoms with Crippen molar-refractivity contribution in [1.82, 2.24) is 0 Å². The monoisotopic (exact) mass is 192 g/mol. The van der Waals surface area contributed by atoms with Gasteiger partial charge in [0, 0.05) is 5.92 Å². The van der Waals surface area contributed by atoms with Crippen LogP contribution in [0, 0.1) is 23.7 Å². The maximum absolute atomic E-state index is 11.6. The molecule has 14 heavy (non-hydrogen) atoms. The van der Waals surface area contributed by atoms with E-state index >= 15 is 0 Å². The number of ketones is 1. The summed E-state index contributed by atoms with van der Waals surface area (Å²) in [5.74, 6) is 2.85. The number of fused-ring (bicyclic) bond motifs is 2. The third-order valence-corrected chi connectivity index (χ3v) is 3.98. The van der Waals surface area contributed by atoms with E-state index in [9.17, 15) is 4.79 Å². The van der Waals surface area contributed by atoms with E-state index < -0.39 is 0 Å². The lowest BCUT2D eigenvalue weighted by Crippen LogP contribution is -2.26. The molecule has 0 aromatic carbocycles. The lowest BCUT2D eigenvalue weighted by Gasteiger charge is -2.27. The summed E-state index contributed by atoms with van der Waals surface area (Å²) in [6.07, 6.45) is 6.29. The van der Waals surface area contributed by atoms with Gasteiger partial charge in [0.1, 0.15) is 5.78 Å². The molecular formula is C13H20O. The van der Waals surface area contributed by atoms with E-state index in [1.807, 2.05) is 0 Å². The van der Waals surface area contributed by atoms with Crippen LogP contribution in [0.25, 0.3) is 0 Å². The molecule has 0 heterocycles. The molecule has 0 aromatic rings. The highest BCUT2D eigenvalue weighted by Gasteiger charge is 2.48. The van der Waals surface area contributed by atoms with Crippen molar-refractivity contribution in [2.24, 2.45) is 23.7 Å². The van der Waals surface area contributed by atoms with E-state index in [4.69, 9.17) is 0 Å². The Hall–Kier alpha value is -0.590. The fourth-order valence-corrected chi connectivity index (χ4v) is 3.56. The molecule has 0 saturated heterocycles. The van der Waals surface area contributed by atoms with E-state index in [2.05, 4.69) is 19.9 Å². The number of carbonyl (C=O) groups excluding carboxylic acids is 1. The molecule has 2 saturated carbocycles. The molecule has 2 fully saturated rings. The van der Waals surface area contributed by atoms with Gasteiger partial charge in [0.25, 0.3) is 0 Å². The normalized spacial score (nSPS) is 39.9. The maximum atomic E-state index is 11.6.